The standard InChI is InChI=1S/C17H15F3N5.C10H7F6O3S.C9H8F3O.C9H6F3O.C9H10N4.C2F6O5S2.4Y/c1-10-3-5-12(6-4-10)14(17(18,19)20)24-8-7-13-11(2)23-16-21-9-22-25(16)15(13)24;1-6-2-4-7(5-3-6)8(9(11,12)13)19-20(17,18)10(14,15)16;2*1-6-2-4-7(5-3-6)8(13)9(10,11)12;1-6-7-3-2-4-8(7)13-9(12-6)10-5-11-13;3-1(4,5)14(9,10)13-15(11,12)2(6,7)8;;;;/h3,5-6,9,14H,7-8H2,1-2H3;2,4-5,8H,1H3;2,4-5,8,13H,1H3;2,4-5H,1H3;5H,2-4H2,1H3;;;;;/q4*-1;;;;;;/t14-;2*8-;;;;;;;/m011......./s1. The van der Waals surface area contributed by atoms with Gasteiger partial charge >= 0.3 is 71.6 Å². The summed E-state index contributed by atoms with van der Waals surface area (Å²) in [4.78, 5) is 28.8. The number of aliphatic hydroxyl groups is 1. The molecule has 4 radical (unpaired) electrons. The fraction of sp³-hybridized carbons (Fsp3) is 0.375. The van der Waals surface area contributed by atoms with Crippen LogP contribution in [0.15, 0.2) is 85.5 Å². The van der Waals surface area contributed by atoms with Crippen LogP contribution < -0.4 is 4.90 Å². The number of halogens is 21. The number of benzene rings is 4. The van der Waals surface area contributed by atoms with Crippen molar-refractivity contribution in [3.05, 3.63) is 182 Å². The van der Waals surface area contributed by atoms with E-state index in [9.17, 15) is 122 Å². The molecule has 0 bridgehead atoms. The molecule has 19 nitrogen and oxygen atoms in total. The molecule has 0 amide bonds. The molecule has 1 N–H and O–H groups in total. The average Bonchev–Trinajstić information content (AvgIpc) is 1.62. The van der Waals surface area contributed by atoms with Crippen molar-refractivity contribution in [1.82, 2.24) is 39.2 Å². The summed E-state index contributed by atoms with van der Waals surface area (Å²) < 4.78 is 326. The van der Waals surface area contributed by atoms with Gasteiger partial charge in [0, 0.05) is 154 Å². The molecule has 1 aliphatic carbocycles. The van der Waals surface area contributed by atoms with Crippen molar-refractivity contribution in [3.8, 4) is 0 Å². The molecule has 556 valence electrons. The van der Waals surface area contributed by atoms with Crippen LogP contribution in [0.5, 0.6) is 0 Å². The minimum absolute atomic E-state index is 0. The molecule has 2 aliphatic rings. The summed E-state index contributed by atoms with van der Waals surface area (Å²) in [5.74, 6) is -0.371. The summed E-state index contributed by atoms with van der Waals surface area (Å²) in [5, 5.41) is 17.1. The van der Waals surface area contributed by atoms with Crippen LogP contribution in [0, 0.1) is 65.8 Å². The SMILES string of the molecule is Cc1[c-]cc(C(=O)C(F)(F)F)cc1.Cc1[c-]cc([C@@H](O)C(F)(F)F)cc1.Cc1[c-]cc([C@@H](OS(=O)(=O)C(F)(F)F)C(F)(F)F)cc1.Cc1[c-]cc([C@H](N2CCc3c(C)nc4ncnn4c32)C(F)(F)F)cc1.Cc1nc2ncnn2c2c1CCC2.O=S(=O)(OS(=O)(=O)C(F)(F)F)C(F)(F)F.[Y].[Y].[Y].[Y]. The molecule has 0 unspecified atom stereocenters. The number of fused-ring (bicyclic) bond motifs is 6. The smallest absolute Gasteiger partial charge is 0.391 e. The molecule has 8 aromatic rings. The van der Waals surface area contributed by atoms with Crippen LogP contribution in [0.2, 0.25) is 0 Å². The molecular weight excluding hydrogens is 1810 g/mol. The van der Waals surface area contributed by atoms with Crippen molar-refractivity contribution in [2.24, 2.45) is 0 Å². The Morgan fingerprint density at radius 3 is 1.29 bits per heavy atom. The maximum absolute atomic E-state index is 14.0. The summed E-state index contributed by atoms with van der Waals surface area (Å²) in [6, 6.07) is 23.3. The number of Topliss-reactive ketones (excluding diaryl/α,β-unsaturated/α-hetero) is 1. The fourth-order valence-electron chi connectivity index (χ4n) is 8.48. The number of anilines is 1. The number of carbonyl (C=O) groups is 1. The maximum atomic E-state index is 14.0. The van der Waals surface area contributed by atoms with Crippen LogP contribution >= 0.6 is 0 Å². The number of rotatable bonds is 9. The summed E-state index contributed by atoms with van der Waals surface area (Å²) >= 11 is 0. The van der Waals surface area contributed by atoms with E-state index in [4.69, 9.17) is 5.11 Å². The number of aliphatic hydroxyl groups excluding tert-OH is 1. The van der Waals surface area contributed by atoms with Gasteiger partial charge in [-0.3, -0.25) is 8.98 Å². The predicted molar refractivity (Wildman–Crippen MR) is 300 cm³/mol. The van der Waals surface area contributed by atoms with Crippen molar-refractivity contribution >= 4 is 53.5 Å². The van der Waals surface area contributed by atoms with Gasteiger partial charge in [0.15, 0.2) is 6.10 Å². The number of carbonyl (C=O) groups excluding carboxylic acids is 1. The molecule has 47 heteroatoms. The zero-order chi connectivity index (χ0) is 75.2. The van der Waals surface area contributed by atoms with Crippen LogP contribution in [0.25, 0.3) is 11.6 Å². The average molecular weight is 1860 g/mol. The molecule has 0 spiro atoms. The maximum Gasteiger partial charge on any atom is 0.524 e. The van der Waals surface area contributed by atoms with E-state index < -0.39 is 101 Å². The molecule has 5 heterocycles. The van der Waals surface area contributed by atoms with E-state index in [1.54, 1.807) is 40.1 Å². The van der Waals surface area contributed by atoms with E-state index in [1.165, 1.54) is 70.7 Å². The van der Waals surface area contributed by atoms with E-state index >= 15 is 0 Å². The van der Waals surface area contributed by atoms with E-state index in [-0.39, 0.29) is 154 Å². The predicted octanol–water partition coefficient (Wildman–Crippen LogP) is 13.0. The van der Waals surface area contributed by atoms with Crippen LogP contribution in [0.4, 0.5) is 98.0 Å². The minimum Gasteiger partial charge on any atom is -0.391 e. The van der Waals surface area contributed by atoms with E-state index in [0.717, 1.165) is 77.4 Å². The minimum atomic E-state index is -6.85. The first-order chi connectivity index (χ1) is 45.1. The van der Waals surface area contributed by atoms with Crippen molar-refractivity contribution in [2.75, 3.05) is 11.4 Å². The Morgan fingerprint density at radius 1 is 0.495 bits per heavy atom. The van der Waals surface area contributed by atoms with Gasteiger partial charge in [-0.25, -0.2) is 14.5 Å². The topological polar surface area (TPSA) is 248 Å². The van der Waals surface area contributed by atoms with Crippen molar-refractivity contribution in [1.29, 1.82) is 0 Å². The Balaban J connectivity index is 0.000000626. The quantitative estimate of drug-likeness (QED) is 0.0464. The van der Waals surface area contributed by atoms with Crippen molar-refractivity contribution in [2.45, 2.75) is 127 Å². The van der Waals surface area contributed by atoms with Crippen LogP contribution in [-0.2, 0) is 188 Å². The molecule has 10 rings (SSSR count). The first-order valence-corrected chi connectivity index (χ1v) is 31.2. The number of nitrogens with zero attached hydrogens (tertiary/aromatic N) is 9. The second kappa shape index (κ2) is 38.0. The zero-order valence-electron chi connectivity index (χ0n) is 53.0. The molecule has 103 heavy (non-hydrogen) atoms. The van der Waals surface area contributed by atoms with Gasteiger partial charge < -0.3 is 10.0 Å². The van der Waals surface area contributed by atoms with Crippen molar-refractivity contribution in [3.63, 3.8) is 0 Å². The van der Waals surface area contributed by atoms with Crippen LogP contribution in [0.3, 0.4) is 0 Å². The summed E-state index contributed by atoms with van der Waals surface area (Å²) in [7, 11) is -20.1. The molecule has 4 aromatic heterocycles. The number of hydrogen-bond donors (Lipinski definition) is 1. The molecule has 1 aliphatic heterocycles. The van der Waals surface area contributed by atoms with E-state index in [2.05, 4.69) is 65.5 Å². The monoisotopic (exact) mass is 1850 g/mol. The Bertz CT molecular complexity index is 4410. The van der Waals surface area contributed by atoms with Gasteiger partial charge in [0.1, 0.15) is 30.6 Å². The molecule has 0 fully saturated rings. The van der Waals surface area contributed by atoms with Gasteiger partial charge in [-0.05, 0) is 45.1 Å². The van der Waals surface area contributed by atoms with Gasteiger partial charge in [-0.2, -0.15) is 261 Å². The third-order valence-electron chi connectivity index (χ3n) is 13.1. The number of ketones is 1. The van der Waals surface area contributed by atoms with E-state index in [1.807, 2.05) is 8.14 Å². The number of aryl methyl sites for hydroxylation is 7. The third kappa shape index (κ3) is 26.5. The van der Waals surface area contributed by atoms with E-state index in [0.29, 0.717) is 34.8 Å². The third-order valence-corrected chi connectivity index (χ3v) is 16.7. The largest absolute Gasteiger partial charge is 0.524 e. The number of hydrogen-bond acceptors (Lipinski definition) is 17. The van der Waals surface area contributed by atoms with Crippen molar-refractivity contribution < 1.29 is 266 Å². The van der Waals surface area contributed by atoms with Gasteiger partial charge in [-0.1, -0.05) is 33.3 Å². The summed E-state index contributed by atoms with van der Waals surface area (Å²) in [5.41, 5.74) is -11.7. The fourth-order valence-corrected chi connectivity index (χ4v) is 10.6. The van der Waals surface area contributed by atoms with Crippen LogP contribution in [-0.4, -0.2) is 123 Å². The number of alkyl halides is 21. The Morgan fingerprint density at radius 2 is 0.903 bits per heavy atom. The van der Waals surface area contributed by atoms with Crippen LogP contribution in [0.1, 0.15) is 102 Å². The first-order valence-electron chi connectivity index (χ1n) is 27.0. The molecule has 3 atom stereocenters. The number of aromatic nitrogens is 8. The molecular formula is C56H46F21N9O10S3Y4-4. The Hall–Kier alpha value is -3.87. The molecule has 4 aromatic carbocycles. The molecule has 0 saturated carbocycles. The molecule has 0 saturated heterocycles. The van der Waals surface area contributed by atoms with Gasteiger partial charge in [0.2, 0.25) is 5.78 Å². The van der Waals surface area contributed by atoms with Gasteiger partial charge in [0.25, 0.3) is 11.6 Å². The second-order valence-electron chi connectivity index (χ2n) is 20.5. The van der Waals surface area contributed by atoms with Gasteiger partial charge in [0.05, 0.1) is 5.69 Å². The van der Waals surface area contributed by atoms with Gasteiger partial charge in [-0.15, -0.1) is 20.3 Å². The second-order valence-corrected chi connectivity index (χ2v) is 25.4. The summed E-state index contributed by atoms with van der Waals surface area (Å²) in [6.07, 6.45) is -18.0. The normalized spacial score (nSPS) is 14.1. The summed E-state index contributed by atoms with van der Waals surface area (Å²) in [6.45, 7) is 10.8. The first kappa shape index (κ1) is 97.1. The Labute approximate surface area is 672 Å². The Kier molecular flexibility index (Phi) is 35.8. The zero-order valence-corrected chi connectivity index (χ0v) is 66.8.